The Morgan fingerprint density at radius 2 is 1.35 bits per heavy atom. The minimum atomic E-state index is -1.51. The Morgan fingerprint density at radius 3 is 1.95 bits per heavy atom. The normalized spacial score (nSPS) is 16.3. The van der Waals surface area contributed by atoms with Crippen molar-refractivity contribution in [3.8, 4) is 5.75 Å². The number of carboxylic acids is 2. The van der Waals surface area contributed by atoms with Crippen LogP contribution in [0.25, 0.3) is 0 Å². The van der Waals surface area contributed by atoms with Crippen LogP contribution in [0.1, 0.15) is 83.0 Å². The molecule has 0 unspecified atom stereocenters. The van der Waals surface area contributed by atoms with E-state index >= 15 is 0 Å². The Kier molecular flexibility index (Phi) is 23.0. The van der Waals surface area contributed by atoms with E-state index in [0.29, 0.717) is 29.7 Å². The lowest BCUT2D eigenvalue weighted by Crippen LogP contribution is -2.62. The summed E-state index contributed by atoms with van der Waals surface area (Å²) >= 11 is 0. The number of carbonyl (C=O) groups excluding carboxylic acids is 7. The Morgan fingerprint density at radius 1 is 0.747 bits per heavy atom. The number of imidazole rings is 1. The van der Waals surface area contributed by atoms with Crippen LogP contribution in [0.4, 0.5) is 0 Å². The quantitative estimate of drug-likeness (QED) is 0.0218. The smallest absolute Gasteiger partial charge is 0.326 e. The lowest BCUT2D eigenvalue weighted by Gasteiger charge is -2.32. The van der Waals surface area contributed by atoms with Gasteiger partial charge in [0.2, 0.25) is 41.4 Å². The summed E-state index contributed by atoms with van der Waals surface area (Å²) in [6.07, 6.45) is 2.92. The number of aromatic amines is 1. The first-order chi connectivity index (χ1) is 35.6. The molecule has 25 heteroatoms. The van der Waals surface area contributed by atoms with E-state index in [4.69, 9.17) is 17.2 Å². The molecule has 1 aliphatic heterocycles. The van der Waals surface area contributed by atoms with Gasteiger partial charge in [-0.1, -0.05) is 76.6 Å². The highest BCUT2D eigenvalue weighted by Crippen LogP contribution is 2.21. The van der Waals surface area contributed by atoms with E-state index in [1.165, 1.54) is 41.7 Å². The molecule has 75 heavy (non-hydrogen) atoms. The fraction of sp³-hybridized carbons (Fsp3) is 0.500. The summed E-state index contributed by atoms with van der Waals surface area (Å²) in [7, 11) is 0. The molecule has 1 fully saturated rings. The van der Waals surface area contributed by atoms with Crippen molar-refractivity contribution in [2.24, 2.45) is 34.0 Å². The number of hydrogen-bond donors (Lipinski definition) is 13. The third kappa shape index (κ3) is 18.7. The van der Waals surface area contributed by atoms with Crippen molar-refractivity contribution >= 4 is 59.2 Å². The lowest BCUT2D eigenvalue weighted by atomic mass is 9.96. The number of H-pyrrole nitrogens is 1. The van der Waals surface area contributed by atoms with Gasteiger partial charge in [-0.05, 0) is 60.8 Å². The number of aromatic nitrogens is 2. The molecular formula is C50H71N13O12. The molecule has 0 aliphatic carbocycles. The number of rotatable bonds is 29. The number of nitrogens with one attached hydrogen (secondary N) is 7. The molecule has 2 aromatic carbocycles. The number of guanidine groups is 1. The summed E-state index contributed by atoms with van der Waals surface area (Å²) in [5.74, 6) is -9.64. The number of phenols is 1. The van der Waals surface area contributed by atoms with Crippen molar-refractivity contribution < 1.29 is 58.5 Å². The summed E-state index contributed by atoms with van der Waals surface area (Å²) in [6.45, 7) is 6.90. The van der Waals surface area contributed by atoms with Crippen molar-refractivity contribution in [2.45, 2.75) is 134 Å². The van der Waals surface area contributed by atoms with Gasteiger partial charge < -0.3 is 74.3 Å². The zero-order valence-electron chi connectivity index (χ0n) is 42.5. The van der Waals surface area contributed by atoms with E-state index in [-0.39, 0.29) is 63.3 Å². The van der Waals surface area contributed by atoms with E-state index in [1.807, 2.05) is 0 Å². The largest absolute Gasteiger partial charge is 0.508 e. The number of hydrogen-bond acceptors (Lipinski definition) is 13. The number of nitrogens with zero attached hydrogens (tertiary/aromatic N) is 3. The number of aliphatic imine (C=N–C) groups is 1. The topological polar surface area (TPSA) is 409 Å². The highest BCUT2D eigenvalue weighted by molar-refractivity contribution is 5.98. The maximum Gasteiger partial charge on any atom is 0.326 e. The molecule has 1 aliphatic rings. The zero-order chi connectivity index (χ0) is 55.4. The molecule has 7 amide bonds. The van der Waals surface area contributed by atoms with Crippen LogP contribution in [0, 0.1) is 11.8 Å². The first-order valence-electron chi connectivity index (χ1n) is 24.8. The SMILES string of the molecule is CC[C@@H](C)[C@H](NC(=O)[C@@H](Cc1ccc(O)cc1)NC(=O)[C@H](NC(=O)[C@@H](CCCN=C(N)N)NC(=O)[C@H](N)CC(=O)O)C(C)C)C(=O)N[C@@H](Cc1cnc[nH]1)C(=O)N1CCC[C@@H]1C(=O)N[C@@H](Cc1ccccc1)C(=O)O. The summed E-state index contributed by atoms with van der Waals surface area (Å²) in [4.78, 5) is 134. The highest BCUT2D eigenvalue weighted by Gasteiger charge is 2.41. The van der Waals surface area contributed by atoms with Gasteiger partial charge in [0.05, 0.1) is 18.8 Å². The molecule has 1 saturated heterocycles. The summed E-state index contributed by atoms with van der Waals surface area (Å²) in [5.41, 5.74) is 18.2. The van der Waals surface area contributed by atoms with E-state index in [1.54, 1.807) is 58.0 Å². The van der Waals surface area contributed by atoms with Gasteiger partial charge in [-0.15, -0.1) is 0 Å². The molecule has 0 bridgehead atoms. The van der Waals surface area contributed by atoms with E-state index in [0.717, 1.165) is 0 Å². The van der Waals surface area contributed by atoms with Gasteiger partial charge in [-0.2, -0.15) is 0 Å². The average molecular weight is 1050 g/mol. The fourth-order valence-corrected chi connectivity index (χ4v) is 8.31. The van der Waals surface area contributed by atoms with E-state index in [2.05, 4.69) is 46.9 Å². The number of nitrogens with two attached hydrogens (primary N) is 3. The van der Waals surface area contributed by atoms with Crippen molar-refractivity contribution in [1.82, 2.24) is 46.8 Å². The van der Waals surface area contributed by atoms with Gasteiger partial charge in [0.15, 0.2) is 5.96 Å². The number of likely N-dealkylation sites (tertiary alicyclic amines) is 1. The lowest BCUT2D eigenvalue weighted by molar-refractivity contribution is -0.145. The van der Waals surface area contributed by atoms with E-state index in [9.17, 15) is 58.5 Å². The third-order valence-corrected chi connectivity index (χ3v) is 12.7. The number of carboxylic acid groups (broad SMARTS) is 2. The summed E-state index contributed by atoms with van der Waals surface area (Å²) < 4.78 is 0. The van der Waals surface area contributed by atoms with E-state index < -0.39 is 120 Å². The molecule has 0 spiro atoms. The number of phenolic OH excluding ortho intramolecular Hbond substituents is 1. The Balaban J connectivity index is 1.59. The number of carbonyl (C=O) groups is 9. The molecule has 408 valence electrons. The highest BCUT2D eigenvalue weighted by atomic mass is 16.4. The van der Waals surface area contributed by atoms with Crippen LogP contribution in [0.15, 0.2) is 72.1 Å². The Bertz CT molecular complexity index is 2450. The van der Waals surface area contributed by atoms with Crippen molar-refractivity contribution in [3.05, 3.63) is 83.9 Å². The predicted molar refractivity (Wildman–Crippen MR) is 273 cm³/mol. The third-order valence-electron chi connectivity index (χ3n) is 12.7. The molecule has 1 aromatic heterocycles. The second-order valence-electron chi connectivity index (χ2n) is 18.9. The van der Waals surface area contributed by atoms with Crippen LogP contribution in [0.5, 0.6) is 5.75 Å². The first-order valence-corrected chi connectivity index (χ1v) is 24.8. The molecule has 9 atom stereocenters. The predicted octanol–water partition coefficient (Wildman–Crippen LogP) is -1.31. The van der Waals surface area contributed by atoms with Gasteiger partial charge in [-0.3, -0.25) is 43.3 Å². The molecule has 0 radical (unpaired) electrons. The standard InChI is InChI=1S/C50H71N13O12/c1-5-28(4)41(47(72)59-36(23-31-25-54-26-56-31)48(73)63-20-10-14-38(63)45(70)60-37(49(74)75)22-29-11-7-6-8-12-29)62-44(69)35(21-30-15-17-32(64)18-16-30)58-46(71)40(27(2)3)61-43(68)34(13-9-19-55-50(52)53)57-42(67)33(51)24-39(65)66/h6-8,11-12,15-18,25-28,33-38,40-41,64H,5,9-10,13-14,19-24,51H2,1-4H3,(H,54,56)(H,57,67)(H,58,71)(H,59,72)(H,60,70)(H,61,68)(H,62,69)(H,65,66)(H,74,75)(H4,52,53,55)/t28-,33-,34-,35-,36+,37+,38-,40-,41+/m1/s1. The van der Waals surface area contributed by atoms with Crippen LogP contribution in [0.3, 0.4) is 0 Å². The minimum absolute atomic E-state index is 0.00211. The summed E-state index contributed by atoms with van der Waals surface area (Å²) in [6, 6.07) is 3.95. The zero-order valence-corrected chi connectivity index (χ0v) is 42.5. The monoisotopic (exact) mass is 1050 g/mol. The van der Waals surface area contributed by atoms with Crippen molar-refractivity contribution in [1.29, 1.82) is 0 Å². The molecule has 16 N–H and O–H groups in total. The maximum absolute atomic E-state index is 14.6. The van der Waals surface area contributed by atoms with Gasteiger partial charge in [-0.25, -0.2) is 9.78 Å². The van der Waals surface area contributed by atoms with Gasteiger partial charge in [0, 0.05) is 44.2 Å². The number of benzene rings is 2. The van der Waals surface area contributed by atoms with Gasteiger partial charge in [0.25, 0.3) is 0 Å². The molecule has 0 saturated carbocycles. The first kappa shape index (κ1) is 59.5. The molecule has 3 aromatic rings. The van der Waals surface area contributed by atoms with Crippen molar-refractivity contribution in [2.75, 3.05) is 13.1 Å². The summed E-state index contributed by atoms with van der Waals surface area (Å²) in [5, 5.41) is 45.1. The van der Waals surface area contributed by atoms with Crippen LogP contribution < -0.4 is 49.1 Å². The van der Waals surface area contributed by atoms with Crippen LogP contribution in [-0.4, -0.2) is 151 Å². The van der Waals surface area contributed by atoms with Crippen molar-refractivity contribution in [3.63, 3.8) is 0 Å². The Labute approximate surface area is 434 Å². The molecule has 25 nitrogen and oxygen atoms in total. The fourth-order valence-electron chi connectivity index (χ4n) is 8.31. The van der Waals surface area contributed by atoms with Crippen LogP contribution in [0.2, 0.25) is 0 Å². The second-order valence-corrected chi connectivity index (χ2v) is 18.9. The molecular weight excluding hydrogens is 975 g/mol. The van der Waals surface area contributed by atoms with Gasteiger partial charge in [0.1, 0.15) is 48.0 Å². The van der Waals surface area contributed by atoms with Gasteiger partial charge >= 0.3 is 11.9 Å². The Hall–Kier alpha value is -8.09. The minimum Gasteiger partial charge on any atom is -0.508 e. The molecule has 2 heterocycles. The second kappa shape index (κ2) is 29.0. The number of aromatic hydroxyl groups is 1. The average Bonchev–Trinajstić information content (AvgIpc) is 4.08. The number of aliphatic carboxylic acids is 2. The maximum atomic E-state index is 14.6. The molecule has 4 rings (SSSR count). The number of amides is 7. The van der Waals surface area contributed by atoms with Crippen LogP contribution >= 0.6 is 0 Å². The van der Waals surface area contributed by atoms with Crippen LogP contribution in [-0.2, 0) is 62.4 Å².